The number of nitriles is 1. The van der Waals surface area contributed by atoms with E-state index in [0.717, 1.165) is 4.57 Å². The first-order chi connectivity index (χ1) is 12.5. The number of nitrogens with two attached hydrogens (primary N) is 1. The normalized spacial score (nSPS) is 10.5. The van der Waals surface area contributed by atoms with Crippen molar-refractivity contribution in [1.29, 1.82) is 5.26 Å². The van der Waals surface area contributed by atoms with Crippen LogP contribution in [0.5, 0.6) is 0 Å². The van der Waals surface area contributed by atoms with Crippen molar-refractivity contribution >= 4 is 40.1 Å². The molecule has 26 heavy (non-hydrogen) atoms. The Hall–Kier alpha value is -3.30. The molecule has 6 nitrogen and oxygen atoms in total. The number of rotatable bonds is 3. The van der Waals surface area contributed by atoms with Gasteiger partial charge in [-0.3, -0.25) is 4.79 Å². The van der Waals surface area contributed by atoms with Gasteiger partial charge in [-0.1, -0.05) is 23.7 Å². The van der Waals surface area contributed by atoms with Gasteiger partial charge in [-0.15, -0.1) is 0 Å². The smallest absolute Gasteiger partial charge is 0.419 e. The van der Waals surface area contributed by atoms with Crippen molar-refractivity contribution < 1.29 is 14.3 Å². The molecule has 0 aliphatic heterocycles. The van der Waals surface area contributed by atoms with Crippen LogP contribution in [0.1, 0.15) is 28.5 Å². The highest BCUT2D eigenvalue weighted by molar-refractivity contribution is 6.31. The summed E-state index contributed by atoms with van der Waals surface area (Å²) in [6.45, 7) is 1.80. The third-order valence-electron chi connectivity index (χ3n) is 3.89. The number of halogens is 1. The highest BCUT2D eigenvalue weighted by Crippen LogP contribution is 2.32. The van der Waals surface area contributed by atoms with Gasteiger partial charge in [-0.25, -0.2) is 9.36 Å². The Balaban J connectivity index is 2.28. The van der Waals surface area contributed by atoms with Crippen molar-refractivity contribution in [2.75, 3.05) is 12.3 Å². The Labute approximate surface area is 154 Å². The zero-order chi connectivity index (χ0) is 18.8. The minimum atomic E-state index is -0.726. The van der Waals surface area contributed by atoms with Gasteiger partial charge >= 0.3 is 6.09 Å². The maximum Gasteiger partial charge on any atom is 0.419 e. The van der Waals surface area contributed by atoms with Gasteiger partial charge in [0.25, 0.3) is 0 Å². The predicted molar refractivity (Wildman–Crippen MR) is 98.4 cm³/mol. The van der Waals surface area contributed by atoms with E-state index in [1.807, 2.05) is 6.07 Å². The molecule has 2 N–H and O–H groups in total. The third kappa shape index (κ3) is 2.89. The Morgan fingerprint density at radius 2 is 2.04 bits per heavy atom. The van der Waals surface area contributed by atoms with E-state index in [1.54, 1.807) is 43.3 Å². The Bertz CT molecular complexity index is 1080. The molecule has 130 valence electrons. The lowest BCUT2D eigenvalue weighted by Crippen LogP contribution is -2.20. The van der Waals surface area contributed by atoms with Crippen molar-refractivity contribution in [3.05, 3.63) is 64.3 Å². The molecule has 0 spiro atoms. The number of hydrogen-bond donors (Lipinski definition) is 1. The first-order valence-corrected chi connectivity index (χ1v) is 8.17. The molecule has 0 radical (unpaired) electrons. The zero-order valence-electron chi connectivity index (χ0n) is 13.8. The fourth-order valence-corrected chi connectivity index (χ4v) is 2.92. The summed E-state index contributed by atoms with van der Waals surface area (Å²) in [5.41, 5.74) is 7.27. The summed E-state index contributed by atoms with van der Waals surface area (Å²) >= 11 is 6.04. The molecule has 0 bridgehead atoms. The monoisotopic (exact) mass is 367 g/mol. The van der Waals surface area contributed by atoms with Crippen molar-refractivity contribution in [2.45, 2.75) is 6.92 Å². The number of benzene rings is 2. The van der Waals surface area contributed by atoms with Gasteiger partial charge in [0.2, 0.25) is 5.78 Å². The fraction of sp³-hybridized carbons (Fsp3) is 0.105. The second-order valence-electron chi connectivity index (χ2n) is 5.48. The Morgan fingerprint density at radius 1 is 1.27 bits per heavy atom. The van der Waals surface area contributed by atoms with Crippen molar-refractivity contribution in [3.8, 4) is 6.07 Å². The summed E-state index contributed by atoms with van der Waals surface area (Å²) in [7, 11) is 0. The van der Waals surface area contributed by atoms with E-state index in [-0.39, 0.29) is 23.6 Å². The first kappa shape index (κ1) is 17.5. The fourth-order valence-electron chi connectivity index (χ4n) is 2.75. The number of ether oxygens (including phenoxy) is 1. The molecule has 0 saturated carbocycles. The van der Waals surface area contributed by atoms with Crippen LogP contribution < -0.4 is 5.73 Å². The van der Waals surface area contributed by atoms with Gasteiger partial charge in [0.15, 0.2) is 0 Å². The molecular formula is C19H14ClN3O3. The number of aromatic nitrogens is 1. The number of anilines is 1. The number of nitrogen functional groups attached to an aromatic ring is 1. The largest absolute Gasteiger partial charge is 0.449 e. The van der Waals surface area contributed by atoms with Gasteiger partial charge in [0.05, 0.1) is 29.4 Å². The maximum absolute atomic E-state index is 13.1. The lowest BCUT2D eigenvalue weighted by atomic mass is 10.0. The van der Waals surface area contributed by atoms with Gasteiger partial charge in [-0.2, -0.15) is 5.26 Å². The predicted octanol–water partition coefficient (Wildman–Crippen LogP) is 3.98. The second kappa shape index (κ2) is 6.90. The quantitative estimate of drug-likeness (QED) is 0.706. The van der Waals surface area contributed by atoms with E-state index in [1.165, 1.54) is 6.07 Å². The molecule has 2 aromatic carbocycles. The molecule has 0 aliphatic carbocycles. The van der Waals surface area contributed by atoms with Crippen molar-refractivity contribution in [3.63, 3.8) is 0 Å². The number of fused-ring (bicyclic) bond motifs is 1. The molecule has 0 atom stereocenters. The number of ketones is 1. The molecule has 7 heteroatoms. The van der Waals surface area contributed by atoms with Gasteiger partial charge < -0.3 is 10.5 Å². The van der Waals surface area contributed by atoms with E-state index in [9.17, 15) is 9.59 Å². The zero-order valence-corrected chi connectivity index (χ0v) is 14.6. The summed E-state index contributed by atoms with van der Waals surface area (Å²) in [5.74, 6) is -0.486. The molecule has 3 rings (SSSR count). The minimum absolute atomic E-state index is 0.0178. The Morgan fingerprint density at radius 3 is 2.73 bits per heavy atom. The molecule has 0 amide bonds. The van der Waals surface area contributed by atoms with Crippen LogP contribution in [0.15, 0.2) is 42.5 Å². The topological polar surface area (TPSA) is 98.1 Å². The van der Waals surface area contributed by atoms with Crippen LogP contribution in [0.2, 0.25) is 5.02 Å². The molecule has 1 aromatic heterocycles. The molecule has 0 fully saturated rings. The molecule has 1 heterocycles. The number of nitrogens with zero attached hydrogens (tertiary/aromatic N) is 2. The average Bonchev–Trinajstić information content (AvgIpc) is 2.93. The average molecular weight is 368 g/mol. The van der Waals surface area contributed by atoms with Crippen LogP contribution in [0, 0.1) is 11.3 Å². The maximum atomic E-state index is 13.1. The van der Waals surface area contributed by atoms with Crippen LogP contribution in [-0.4, -0.2) is 23.1 Å². The van der Waals surface area contributed by atoms with Gasteiger partial charge in [0, 0.05) is 16.0 Å². The second-order valence-corrected chi connectivity index (χ2v) is 5.92. The number of hydrogen-bond acceptors (Lipinski definition) is 5. The van der Waals surface area contributed by atoms with Crippen LogP contribution in [-0.2, 0) is 4.74 Å². The summed E-state index contributed by atoms with van der Waals surface area (Å²) in [5, 5.41) is 9.96. The SMILES string of the molecule is CCOC(=O)n1c(C(=O)c2cccc(C#N)c2)c(N)c2ccc(Cl)cc21. The summed E-state index contributed by atoms with van der Waals surface area (Å²) < 4.78 is 6.21. The first-order valence-electron chi connectivity index (χ1n) is 7.79. The highest BCUT2D eigenvalue weighted by Gasteiger charge is 2.26. The van der Waals surface area contributed by atoms with Gasteiger partial charge in [0.1, 0.15) is 5.69 Å². The van der Waals surface area contributed by atoms with E-state index < -0.39 is 11.9 Å². The molecule has 0 unspecified atom stereocenters. The number of carbonyl (C=O) groups is 2. The summed E-state index contributed by atoms with van der Waals surface area (Å²) in [4.78, 5) is 25.6. The highest BCUT2D eigenvalue weighted by atomic mass is 35.5. The lowest BCUT2D eigenvalue weighted by Gasteiger charge is -2.09. The van der Waals surface area contributed by atoms with Crippen molar-refractivity contribution in [2.24, 2.45) is 0 Å². The van der Waals surface area contributed by atoms with E-state index in [4.69, 9.17) is 27.3 Å². The standard InChI is InChI=1S/C19H14ClN3O3/c1-2-26-19(25)23-15-9-13(20)6-7-14(15)16(22)17(23)18(24)12-5-3-4-11(8-12)10-21/h3-9H,2,22H2,1H3. The summed E-state index contributed by atoms with van der Waals surface area (Å²) in [6, 6.07) is 13.0. The number of carbonyl (C=O) groups excluding carboxylic acids is 2. The molecule has 0 saturated heterocycles. The molecular weight excluding hydrogens is 354 g/mol. The van der Waals surface area contributed by atoms with E-state index >= 15 is 0 Å². The third-order valence-corrected chi connectivity index (χ3v) is 4.12. The van der Waals surface area contributed by atoms with Crippen LogP contribution in [0.25, 0.3) is 10.9 Å². The van der Waals surface area contributed by atoms with Gasteiger partial charge in [-0.05, 0) is 37.3 Å². The van der Waals surface area contributed by atoms with Crippen LogP contribution >= 0.6 is 11.6 Å². The molecule has 3 aromatic rings. The molecule has 0 aliphatic rings. The summed E-state index contributed by atoms with van der Waals surface area (Å²) in [6.07, 6.45) is -0.726. The minimum Gasteiger partial charge on any atom is -0.449 e. The van der Waals surface area contributed by atoms with E-state index in [0.29, 0.717) is 21.5 Å². The lowest BCUT2D eigenvalue weighted by molar-refractivity contribution is 0.102. The van der Waals surface area contributed by atoms with E-state index in [2.05, 4.69) is 0 Å². The Kier molecular flexibility index (Phi) is 4.65. The van der Waals surface area contributed by atoms with Crippen LogP contribution in [0.3, 0.4) is 0 Å². The van der Waals surface area contributed by atoms with Crippen molar-refractivity contribution in [1.82, 2.24) is 4.57 Å². The van der Waals surface area contributed by atoms with Crippen LogP contribution in [0.4, 0.5) is 10.5 Å².